The fourth-order valence-electron chi connectivity index (χ4n) is 3.01. The summed E-state index contributed by atoms with van der Waals surface area (Å²) in [5.74, 6) is 1.95. The number of carbonyl (C=O) groups is 1. The number of hydrogen-bond acceptors (Lipinski definition) is 7. The van der Waals surface area contributed by atoms with Crippen molar-refractivity contribution in [2.75, 3.05) is 44.1 Å². The number of hydrogen-bond donors (Lipinski definition) is 1. The van der Waals surface area contributed by atoms with Crippen molar-refractivity contribution >= 4 is 17.5 Å². The van der Waals surface area contributed by atoms with E-state index in [1.54, 1.807) is 25.3 Å². The van der Waals surface area contributed by atoms with E-state index < -0.39 is 0 Å². The molecule has 0 saturated carbocycles. The SMILES string of the molecule is COc1ccc(NC(=O)COc2nc(N3CCCC3)nc(C)c2C)c(OC)c1. The predicted molar refractivity (Wildman–Crippen MR) is 107 cm³/mol. The van der Waals surface area contributed by atoms with E-state index in [0.29, 0.717) is 29.0 Å². The molecule has 1 fully saturated rings. The van der Waals surface area contributed by atoms with Crippen LogP contribution in [0.5, 0.6) is 17.4 Å². The summed E-state index contributed by atoms with van der Waals surface area (Å²) in [6.45, 7) is 5.54. The Balaban J connectivity index is 1.67. The number of ether oxygens (including phenoxy) is 3. The number of rotatable bonds is 7. The van der Waals surface area contributed by atoms with Gasteiger partial charge in [0, 0.05) is 30.4 Å². The van der Waals surface area contributed by atoms with Crippen LogP contribution in [0.25, 0.3) is 0 Å². The Labute approximate surface area is 164 Å². The second-order valence-electron chi connectivity index (χ2n) is 6.64. The topological polar surface area (TPSA) is 85.8 Å². The average molecular weight is 386 g/mol. The molecule has 8 nitrogen and oxygen atoms in total. The molecule has 2 aromatic rings. The van der Waals surface area contributed by atoms with Gasteiger partial charge in [0.2, 0.25) is 11.8 Å². The second-order valence-corrected chi connectivity index (χ2v) is 6.64. The number of anilines is 2. The van der Waals surface area contributed by atoms with Crippen molar-refractivity contribution in [1.82, 2.24) is 9.97 Å². The van der Waals surface area contributed by atoms with Gasteiger partial charge in [-0.1, -0.05) is 0 Å². The van der Waals surface area contributed by atoms with Crippen molar-refractivity contribution < 1.29 is 19.0 Å². The Bertz CT molecular complexity index is 850. The summed E-state index contributed by atoms with van der Waals surface area (Å²) in [5, 5.41) is 2.79. The van der Waals surface area contributed by atoms with Gasteiger partial charge in [0.1, 0.15) is 11.5 Å². The average Bonchev–Trinajstić information content (AvgIpc) is 3.24. The van der Waals surface area contributed by atoms with Gasteiger partial charge in [0.05, 0.1) is 19.9 Å². The maximum atomic E-state index is 12.4. The summed E-state index contributed by atoms with van der Waals surface area (Å²) in [4.78, 5) is 23.6. The molecule has 0 aliphatic carbocycles. The normalized spacial score (nSPS) is 13.4. The molecule has 1 N–H and O–H groups in total. The molecular formula is C20H26N4O4. The number of benzene rings is 1. The molecule has 28 heavy (non-hydrogen) atoms. The molecule has 1 saturated heterocycles. The Hall–Kier alpha value is -3.03. The van der Waals surface area contributed by atoms with E-state index in [2.05, 4.69) is 20.2 Å². The van der Waals surface area contributed by atoms with E-state index in [1.807, 2.05) is 13.8 Å². The van der Waals surface area contributed by atoms with Crippen molar-refractivity contribution in [3.05, 3.63) is 29.5 Å². The van der Waals surface area contributed by atoms with E-state index in [-0.39, 0.29) is 12.5 Å². The van der Waals surface area contributed by atoms with Crippen LogP contribution in [0.15, 0.2) is 18.2 Å². The van der Waals surface area contributed by atoms with Gasteiger partial charge in [-0.2, -0.15) is 4.98 Å². The van der Waals surface area contributed by atoms with E-state index in [4.69, 9.17) is 14.2 Å². The number of nitrogens with zero attached hydrogens (tertiary/aromatic N) is 3. The van der Waals surface area contributed by atoms with Gasteiger partial charge in [-0.15, -0.1) is 0 Å². The predicted octanol–water partition coefficient (Wildman–Crippen LogP) is 2.73. The van der Waals surface area contributed by atoms with E-state index in [9.17, 15) is 4.79 Å². The van der Waals surface area contributed by atoms with Crippen LogP contribution in [-0.2, 0) is 4.79 Å². The smallest absolute Gasteiger partial charge is 0.262 e. The van der Waals surface area contributed by atoms with Crippen molar-refractivity contribution in [2.45, 2.75) is 26.7 Å². The summed E-state index contributed by atoms with van der Waals surface area (Å²) in [5.41, 5.74) is 2.23. The highest BCUT2D eigenvalue weighted by Gasteiger charge is 2.19. The van der Waals surface area contributed by atoms with Gasteiger partial charge in [-0.25, -0.2) is 4.98 Å². The standard InChI is InChI=1S/C20H26N4O4/c1-13-14(2)21-20(24-9-5-6-10-24)23-19(13)28-12-18(25)22-16-8-7-15(26-3)11-17(16)27-4/h7-8,11H,5-6,9-10,12H2,1-4H3,(H,22,25). The number of aryl methyl sites for hydroxylation is 1. The van der Waals surface area contributed by atoms with Gasteiger partial charge in [-0.3, -0.25) is 4.79 Å². The Morgan fingerprint density at radius 3 is 2.57 bits per heavy atom. The molecule has 1 aromatic heterocycles. The fourth-order valence-corrected chi connectivity index (χ4v) is 3.01. The molecule has 1 aromatic carbocycles. The maximum Gasteiger partial charge on any atom is 0.262 e. The molecule has 3 rings (SSSR count). The molecule has 8 heteroatoms. The van der Waals surface area contributed by atoms with Crippen LogP contribution in [0.3, 0.4) is 0 Å². The van der Waals surface area contributed by atoms with Gasteiger partial charge in [-0.05, 0) is 38.8 Å². The van der Waals surface area contributed by atoms with Crippen LogP contribution < -0.4 is 24.4 Å². The summed E-state index contributed by atoms with van der Waals surface area (Å²) in [7, 11) is 3.11. The van der Waals surface area contributed by atoms with Crippen LogP contribution in [0, 0.1) is 13.8 Å². The maximum absolute atomic E-state index is 12.4. The summed E-state index contributed by atoms with van der Waals surface area (Å²) in [6.07, 6.45) is 2.27. The van der Waals surface area contributed by atoms with E-state index >= 15 is 0 Å². The number of nitrogens with one attached hydrogen (secondary N) is 1. The molecule has 0 bridgehead atoms. The minimum absolute atomic E-state index is 0.161. The Kier molecular flexibility index (Phi) is 6.18. The minimum atomic E-state index is -0.304. The van der Waals surface area contributed by atoms with E-state index in [1.165, 1.54) is 7.11 Å². The molecule has 0 unspecified atom stereocenters. The zero-order valence-electron chi connectivity index (χ0n) is 16.7. The zero-order valence-corrected chi connectivity index (χ0v) is 16.7. The first-order valence-corrected chi connectivity index (χ1v) is 9.26. The first-order chi connectivity index (χ1) is 13.5. The molecule has 0 radical (unpaired) electrons. The van der Waals surface area contributed by atoms with Crippen LogP contribution in [-0.4, -0.2) is 49.8 Å². The van der Waals surface area contributed by atoms with Crippen molar-refractivity contribution in [2.24, 2.45) is 0 Å². The van der Waals surface area contributed by atoms with Crippen molar-refractivity contribution in [3.63, 3.8) is 0 Å². The largest absolute Gasteiger partial charge is 0.497 e. The van der Waals surface area contributed by atoms with Gasteiger partial charge < -0.3 is 24.4 Å². The summed E-state index contributed by atoms with van der Waals surface area (Å²) < 4.78 is 16.2. The zero-order chi connectivity index (χ0) is 20.1. The number of amides is 1. The molecule has 1 amide bonds. The Morgan fingerprint density at radius 1 is 1.14 bits per heavy atom. The summed E-state index contributed by atoms with van der Waals surface area (Å²) >= 11 is 0. The second kappa shape index (κ2) is 8.77. The number of carbonyl (C=O) groups excluding carboxylic acids is 1. The molecule has 1 aliphatic heterocycles. The molecule has 2 heterocycles. The molecule has 1 aliphatic rings. The van der Waals surface area contributed by atoms with Gasteiger partial charge >= 0.3 is 0 Å². The third kappa shape index (κ3) is 4.44. The highest BCUT2D eigenvalue weighted by atomic mass is 16.5. The molecule has 150 valence electrons. The number of aromatic nitrogens is 2. The molecular weight excluding hydrogens is 360 g/mol. The fraction of sp³-hybridized carbons (Fsp3) is 0.450. The lowest BCUT2D eigenvalue weighted by molar-refractivity contribution is -0.118. The van der Waals surface area contributed by atoms with Crippen LogP contribution in [0.2, 0.25) is 0 Å². The lowest BCUT2D eigenvalue weighted by atomic mass is 10.2. The van der Waals surface area contributed by atoms with Crippen LogP contribution in [0.1, 0.15) is 24.1 Å². The van der Waals surface area contributed by atoms with Crippen molar-refractivity contribution in [3.8, 4) is 17.4 Å². The molecule has 0 spiro atoms. The van der Waals surface area contributed by atoms with Crippen molar-refractivity contribution in [1.29, 1.82) is 0 Å². The summed E-state index contributed by atoms with van der Waals surface area (Å²) in [6, 6.07) is 5.18. The lowest BCUT2D eigenvalue weighted by Crippen LogP contribution is -2.23. The van der Waals surface area contributed by atoms with Gasteiger partial charge in [0.25, 0.3) is 5.91 Å². The first-order valence-electron chi connectivity index (χ1n) is 9.26. The monoisotopic (exact) mass is 386 g/mol. The van der Waals surface area contributed by atoms with Crippen LogP contribution >= 0.6 is 0 Å². The van der Waals surface area contributed by atoms with E-state index in [0.717, 1.165) is 37.2 Å². The Morgan fingerprint density at radius 2 is 1.89 bits per heavy atom. The van der Waals surface area contributed by atoms with Crippen LogP contribution in [0.4, 0.5) is 11.6 Å². The third-order valence-corrected chi connectivity index (χ3v) is 4.74. The highest BCUT2D eigenvalue weighted by molar-refractivity contribution is 5.93. The van der Waals surface area contributed by atoms with Gasteiger partial charge in [0.15, 0.2) is 6.61 Å². The highest BCUT2D eigenvalue weighted by Crippen LogP contribution is 2.29. The third-order valence-electron chi connectivity index (χ3n) is 4.74. The minimum Gasteiger partial charge on any atom is -0.497 e. The quantitative estimate of drug-likeness (QED) is 0.783. The lowest BCUT2D eigenvalue weighted by Gasteiger charge is -2.18. The molecule has 0 atom stereocenters. The number of methoxy groups -OCH3 is 2. The first kappa shape index (κ1) is 19.7.